The van der Waals surface area contributed by atoms with Gasteiger partial charge in [-0.1, -0.05) is 6.92 Å². The largest absolute Gasteiger partial charge is 0.494 e. The first-order valence-corrected chi connectivity index (χ1v) is 8.53. The second-order valence-corrected chi connectivity index (χ2v) is 6.47. The molecule has 1 unspecified atom stereocenters. The van der Waals surface area contributed by atoms with E-state index in [0.717, 1.165) is 30.2 Å². The summed E-state index contributed by atoms with van der Waals surface area (Å²) in [6.45, 7) is 2.89. The first-order valence-electron chi connectivity index (χ1n) is 7.72. The van der Waals surface area contributed by atoms with Gasteiger partial charge in [0.05, 0.1) is 12.3 Å². The number of thiazole rings is 1. The van der Waals surface area contributed by atoms with Crippen LogP contribution in [0.5, 0.6) is 5.75 Å². The van der Waals surface area contributed by atoms with Crippen LogP contribution in [-0.4, -0.2) is 18.6 Å². The summed E-state index contributed by atoms with van der Waals surface area (Å²) in [4.78, 5) is 6.27. The zero-order valence-corrected chi connectivity index (χ0v) is 13.5. The fourth-order valence-electron chi connectivity index (χ4n) is 2.73. The van der Waals surface area contributed by atoms with E-state index in [1.165, 1.54) is 29.0 Å². The minimum absolute atomic E-state index is 0.479. The van der Waals surface area contributed by atoms with Crippen LogP contribution < -0.4 is 10.1 Å². The molecule has 1 heterocycles. The second-order valence-electron chi connectivity index (χ2n) is 5.44. The van der Waals surface area contributed by atoms with Crippen molar-refractivity contribution in [1.29, 1.82) is 0 Å². The van der Waals surface area contributed by atoms with E-state index >= 15 is 0 Å². The Hall–Kier alpha value is -1.39. The molecule has 1 atom stereocenters. The van der Waals surface area contributed by atoms with Gasteiger partial charge in [-0.15, -0.1) is 11.3 Å². The van der Waals surface area contributed by atoms with Crippen molar-refractivity contribution in [3.63, 3.8) is 0 Å². The predicted octanol–water partition coefficient (Wildman–Crippen LogP) is 4.20. The number of rotatable bonds is 5. The fourth-order valence-corrected chi connectivity index (χ4v) is 3.99. The third-order valence-corrected chi connectivity index (χ3v) is 5.13. The number of nitrogens with one attached hydrogen (secondary N) is 1. The molecular weight excluding hydrogens is 280 g/mol. The summed E-state index contributed by atoms with van der Waals surface area (Å²) in [6, 6.07) is 8.79. The molecule has 0 aliphatic heterocycles. The van der Waals surface area contributed by atoms with Crippen molar-refractivity contribution in [3.05, 3.63) is 34.8 Å². The van der Waals surface area contributed by atoms with Gasteiger partial charge in [-0.05, 0) is 57.0 Å². The quantitative estimate of drug-likeness (QED) is 0.899. The SMILES string of the molecule is CCCOc1ccc(-c2nc3c(s2)C(NC)CCC3)cc1. The zero-order valence-electron chi connectivity index (χ0n) is 12.7. The summed E-state index contributed by atoms with van der Waals surface area (Å²) in [7, 11) is 2.04. The van der Waals surface area contributed by atoms with Gasteiger partial charge >= 0.3 is 0 Å². The normalized spacial score (nSPS) is 17.5. The van der Waals surface area contributed by atoms with E-state index in [0.29, 0.717) is 6.04 Å². The number of hydrogen-bond acceptors (Lipinski definition) is 4. The van der Waals surface area contributed by atoms with Crippen LogP contribution in [0.1, 0.15) is 42.8 Å². The highest BCUT2D eigenvalue weighted by Gasteiger charge is 2.23. The van der Waals surface area contributed by atoms with Crippen LogP contribution in [-0.2, 0) is 6.42 Å². The monoisotopic (exact) mass is 302 g/mol. The maximum Gasteiger partial charge on any atom is 0.123 e. The number of hydrogen-bond donors (Lipinski definition) is 1. The lowest BCUT2D eigenvalue weighted by Crippen LogP contribution is -2.19. The van der Waals surface area contributed by atoms with E-state index in [2.05, 4.69) is 24.4 Å². The summed E-state index contributed by atoms with van der Waals surface area (Å²) in [5.74, 6) is 0.940. The molecule has 21 heavy (non-hydrogen) atoms. The van der Waals surface area contributed by atoms with Gasteiger partial charge in [0, 0.05) is 16.5 Å². The molecule has 0 saturated carbocycles. The standard InChI is InChI=1S/C17H22N2OS/c1-3-11-20-13-9-7-12(8-10-13)17-19-15-6-4-5-14(18-2)16(15)21-17/h7-10,14,18H,3-6,11H2,1-2H3. The van der Waals surface area contributed by atoms with Gasteiger partial charge < -0.3 is 10.1 Å². The molecule has 1 aromatic heterocycles. The average Bonchev–Trinajstić information content (AvgIpc) is 2.97. The Labute approximate surface area is 130 Å². The molecule has 112 valence electrons. The molecule has 0 amide bonds. The van der Waals surface area contributed by atoms with Crippen molar-refractivity contribution in [2.24, 2.45) is 0 Å². The van der Waals surface area contributed by atoms with Gasteiger partial charge in [-0.3, -0.25) is 0 Å². The van der Waals surface area contributed by atoms with Gasteiger partial charge in [0.25, 0.3) is 0 Å². The molecule has 0 spiro atoms. The summed E-state index contributed by atoms with van der Waals surface area (Å²) in [5.41, 5.74) is 2.47. The molecule has 0 radical (unpaired) electrons. The molecule has 0 bridgehead atoms. The van der Waals surface area contributed by atoms with Gasteiger partial charge in [-0.2, -0.15) is 0 Å². The summed E-state index contributed by atoms with van der Waals surface area (Å²) in [6.07, 6.45) is 4.59. The zero-order chi connectivity index (χ0) is 14.7. The minimum atomic E-state index is 0.479. The molecule has 3 nitrogen and oxygen atoms in total. The summed E-state index contributed by atoms with van der Waals surface area (Å²) >= 11 is 1.83. The Morgan fingerprint density at radius 1 is 1.33 bits per heavy atom. The number of benzene rings is 1. The number of nitrogens with zero attached hydrogens (tertiary/aromatic N) is 1. The van der Waals surface area contributed by atoms with E-state index in [1.807, 2.05) is 30.5 Å². The van der Waals surface area contributed by atoms with Crippen LogP contribution in [0.15, 0.2) is 24.3 Å². The molecule has 1 aliphatic rings. The summed E-state index contributed by atoms with van der Waals surface area (Å²) < 4.78 is 5.63. The molecule has 3 rings (SSSR count). The molecule has 1 aromatic carbocycles. The molecule has 1 N–H and O–H groups in total. The first kappa shape index (κ1) is 14.5. The van der Waals surface area contributed by atoms with E-state index in [-0.39, 0.29) is 0 Å². The van der Waals surface area contributed by atoms with Crippen LogP contribution in [0.25, 0.3) is 10.6 Å². The van der Waals surface area contributed by atoms with Gasteiger partial charge in [0.2, 0.25) is 0 Å². The highest BCUT2D eigenvalue weighted by atomic mass is 32.1. The average molecular weight is 302 g/mol. The number of ether oxygens (including phenoxy) is 1. The summed E-state index contributed by atoms with van der Waals surface area (Å²) in [5, 5.41) is 4.54. The van der Waals surface area contributed by atoms with Crippen molar-refractivity contribution < 1.29 is 4.74 Å². The first-order chi connectivity index (χ1) is 10.3. The highest BCUT2D eigenvalue weighted by Crippen LogP contribution is 2.37. The number of aryl methyl sites for hydroxylation is 1. The molecule has 0 saturated heterocycles. The Morgan fingerprint density at radius 3 is 2.86 bits per heavy atom. The highest BCUT2D eigenvalue weighted by molar-refractivity contribution is 7.15. The van der Waals surface area contributed by atoms with Crippen molar-refractivity contribution >= 4 is 11.3 Å². The maximum atomic E-state index is 5.63. The topological polar surface area (TPSA) is 34.1 Å². The lowest BCUT2D eigenvalue weighted by atomic mass is 9.98. The third-order valence-electron chi connectivity index (χ3n) is 3.87. The predicted molar refractivity (Wildman–Crippen MR) is 88.1 cm³/mol. The van der Waals surface area contributed by atoms with Crippen molar-refractivity contribution in [3.8, 4) is 16.3 Å². The Balaban J connectivity index is 1.82. The Morgan fingerprint density at radius 2 is 2.14 bits per heavy atom. The van der Waals surface area contributed by atoms with Crippen molar-refractivity contribution in [2.75, 3.05) is 13.7 Å². The smallest absolute Gasteiger partial charge is 0.123 e. The van der Waals surface area contributed by atoms with Crippen LogP contribution in [0.4, 0.5) is 0 Å². The Bertz CT molecular complexity index is 591. The minimum Gasteiger partial charge on any atom is -0.494 e. The van der Waals surface area contributed by atoms with E-state index in [9.17, 15) is 0 Å². The third kappa shape index (κ3) is 3.11. The van der Waals surface area contributed by atoms with Crippen molar-refractivity contribution in [2.45, 2.75) is 38.6 Å². The second kappa shape index (κ2) is 6.58. The molecule has 4 heteroatoms. The van der Waals surface area contributed by atoms with E-state index in [4.69, 9.17) is 9.72 Å². The molecular formula is C17H22N2OS. The van der Waals surface area contributed by atoms with Crippen LogP contribution >= 0.6 is 11.3 Å². The van der Waals surface area contributed by atoms with Crippen molar-refractivity contribution in [1.82, 2.24) is 10.3 Å². The molecule has 0 fully saturated rings. The van der Waals surface area contributed by atoms with Crippen LogP contribution in [0.2, 0.25) is 0 Å². The molecule has 2 aromatic rings. The van der Waals surface area contributed by atoms with E-state index in [1.54, 1.807) is 0 Å². The lowest BCUT2D eigenvalue weighted by molar-refractivity contribution is 0.317. The number of fused-ring (bicyclic) bond motifs is 1. The number of aromatic nitrogens is 1. The molecule has 1 aliphatic carbocycles. The van der Waals surface area contributed by atoms with E-state index < -0.39 is 0 Å². The Kier molecular flexibility index (Phi) is 4.56. The van der Waals surface area contributed by atoms with Gasteiger partial charge in [0.15, 0.2) is 0 Å². The van der Waals surface area contributed by atoms with Crippen LogP contribution in [0.3, 0.4) is 0 Å². The van der Waals surface area contributed by atoms with Gasteiger partial charge in [0.1, 0.15) is 10.8 Å². The lowest BCUT2D eigenvalue weighted by Gasteiger charge is -2.19. The van der Waals surface area contributed by atoms with Gasteiger partial charge in [-0.25, -0.2) is 4.98 Å². The maximum absolute atomic E-state index is 5.63. The fraction of sp³-hybridized carbons (Fsp3) is 0.471. The van der Waals surface area contributed by atoms with Crippen LogP contribution in [0, 0.1) is 0 Å².